The van der Waals surface area contributed by atoms with Crippen molar-refractivity contribution in [1.82, 2.24) is 15.5 Å². The van der Waals surface area contributed by atoms with Gasteiger partial charge in [-0.15, -0.1) is 0 Å². The fourth-order valence-corrected chi connectivity index (χ4v) is 2.62. The zero-order chi connectivity index (χ0) is 19.6. The average molecular weight is 367 g/mol. The van der Waals surface area contributed by atoms with Gasteiger partial charge in [0.05, 0.1) is 13.1 Å². The van der Waals surface area contributed by atoms with E-state index in [1.165, 1.54) is 4.90 Å². The SMILES string of the molecule is CCNC(=O)CN(CC)C(=O)CNC(=O)c1ccc(-c2ccccc2)cc1. The quantitative estimate of drug-likeness (QED) is 0.750. The number of likely N-dealkylation sites (N-methyl/N-ethyl adjacent to an activating group) is 2. The maximum absolute atomic E-state index is 12.3. The molecule has 2 N–H and O–H groups in total. The summed E-state index contributed by atoms with van der Waals surface area (Å²) in [6, 6.07) is 17.1. The second-order valence-electron chi connectivity index (χ2n) is 5.99. The largest absolute Gasteiger partial charge is 0.355 e. The van der Waals surface area contributed by atoms with Crippen LogP contribution in [-0.2, 0) is 9.59 Å². The van der Waals surface area contributed by atoms with E-state index < -0.39 is 0 Å². The maximum atomic E-state index is 12.3. The highest BCUT2D eigenvalue weighted by Gasteiger charge is 2.16. The molecule has 27 heavy (non-hydrogen) atoms. The van der Waals surface area contributed by atoms with Crippen LogP contribution >= 0.6 is 0 Å². The van der Waals surface area contributed by atoms with Crippen LogP contribution in [-0.4, -0.2) is 48.8 Å². The van der Waals surface area contributed by atoms with Crippen LogP contribution in [0.2, 0.25) is 0 Å². The molecule has 0 aliphatic heterocycles. The summed E-state index contributed by atoms with van der Waals surface area (Å²) in [6.07, 6.45) is 0. The van der Waals surface area contributed by atoms with Gasteiger partial charge in [-0.05, 0) is 37.1 Å². The molecule has 0 atom stereocenters. The van der Waals surface area contributed by atoms with Gasteiger partial charge in [0.1, 0.15) is 0 Å². The highest BCUT2D eigenvalue weighted by atomic mass is 16.2. The van der Waals surface area contributed by atoms with E-state index in [9.17, 15) is 14.4 Å². The lowest BCUT2D eigenvalue weighted by Gasteiger charge is -2.20. The van der Waals surface area contributed by atoms with E-state index in [0.717, 1.165) is 11.1 Å². The Morgan fingerprint density at radius 2 is 1.48 bits per heavy atom. The van der Waals surface area contributed by atoms with E-state index in [2.05, 4.69) is 10.6 Å². The Bertz CT molecular complexity index is 773. The Labute approximate surface area is 159 Å². The van der Waals surface area contributed by atoms with Gasteiger partial charge >= 0.3 is 0 Å². The molecule has 0 bridgehead atoms. The predicted octanol–water partition coefficient (Wildman–Crippen LogP) is 2.07. The molecule has 0 unspecified atom stereocenters. The second-order valence-corrected chi connectivity index (χ2v) is 5.99. The molecule has 0 heterocycles. The zero-order valence-electron chi connectivity index (χ0n) is 15.7. The number of nitrogens with one attached hydrogen (secondary N) is 2. The first-order valence-corrected chi connectivity index (χ1v) is 9.03. The first-order chi connectivity index (χ1) is 13.0. The molecule has 2 aromatic rings. The Kier molecular flexibility index (Phi) is 7.55. The number of carbonyl (C=O) groups is 3. The second kappa shape index (κ2) is 10.1. The van der Waals surface area contributed by atoms with Crippen molar-refractivity contribution >= 4 is 17.7 Å². The molecular weight excluding hydrogens is 342 g/mol. The van der Waals surface area contributed by atoms with Crippen LogP contribution in [0.15, 0.2) is 54.6 Å². The Balaban J connectivity index is 1.91. The van der Waals surface area contributed by atoms with Crippen LogP contribution in [0.1, 0.15) is 24.2 Å². The molecule has 3 amide bonds. The molecule has 0 saturated carbocycles. The number of carbonyl (C=O) groups excluding carboxylic acids is 3. The van der Waals surface area contributed by atoms with Crippen LogP contribution in [0.5, 0.6) is 0 Å². The van der Waals surface area contributed by atoms with Gasteiger partial charge in [-0.1, -0.05) is 42.5 Å². The number of benzene rings is 2. The first-order valence-electron chi connectivity index (χ1n) is 9.03. The minimum atomic E-state index is -0.322. The third-order valence-corrected chi connectivity index (χ3v) is 4.10. The smallest absolute Gasteiger partial charge is 0.251 e. The predicted molar refractivity (Wildman–Crippen MR) is 105 cm³/mol. The molecule has 2 rings (SSSR count). The number of amides is 3. The number of hydrogen-bond donors (Lipinski definition) is 2. The summed E-state index contributed by atoms with van der Waals surface area (Å²) >= 11 is 0. The van der Waals surface area contributed by atoms with Crippen molar-refractivity contribution in [2.45, 2.75) is 13.8 Å². The molecule has 6 nitrogen and oxygen atoms in total. The van der Waals surface area contributed by atoms with Crippen molar-refractivity contribution in [3.8, 4) is 11.1 Å². The van der Waals surface area contributed by atoms with Crippen molar-refractivity contribution < 1.29 is 14.4 Å². The number of nitrogens with zero attached hydrogens (tertiary/aromatic N) is 1. The Morgan fingerprint density at radius 3 is 2.07 bits per heavy atom. The highest BCUT2D eigenvalue weighted by Crippen LogP contribution is 2.19. The molecule has 0 fully saturated rings. The van der Waals surface area contributed by atoms with E-state index in [0.29, 0.717) is 18.7 Å². The molecule has 0 radical (unpaired) electrons. The number of rotatable bonds is 8. The first kappa shape index (κ1) is 20.2. The van der Waals surface area contributed by atoms with Crippen LogP contribution in [0, 0.1) is 0 Å². The molecular formula is C21H25N3O3. The van der Waals surface area contributed by atoms with Crippen molar-refractivity contribution in [2.75, 3.05) is 26.2 Å². The van der Waals surface area contributed by atoms with E-state index in [-0.39, 0.29) is 30.8 Å². The molecule has 6 heteroatoms. The zero-order valence-corrected chi connectivity index (χ0v) is 15.7. The van der Waals surface area contributed by atoms with Crippen LogP contribution in [0.4, 0.5) is 0 Å². The number of hydrogen-bond acceptors (Lipinski definition) is 3. The maximum Gasteiger partial charge on any atom is 0.251 e. The van der Waals surface area contributed by atoms with Crippen molar-refractivity contribution in [3.63, 3.8) is 0 Å². The topological polar surface area (TPSA) is 78.5 Å². The van der Waals surface area contributed by atoms with Gasteiger partial charge in [0.25, 0.3) is 5.91 Å². The van der Waals surface area contributed by atoms with Gasteiger partial charge < -0.3 is 15.5 Å². The molecule has 2 aromatic carbocycles. The van der Waals surface area contributed by atoms with Crippen LogP contribution < -0.4 is 10.6 Å². The van der Waals surface area contributed by atoms with Gasteiger partial charge in [-0.25, -0.2) is 0 Å². The highest BCUT2D eigenvalue weighted by molar-refractivity contribution is 5.97. The van der Waals surface area contributed by atoms with Crippen molar-refractivity contribution in [3.05, 3.63) is 60.2 Å². The van der Waals surface area contributed by atoms with Crippen molar-refractivity contribution in [2.24, 2.45) is 0 Å². The van der Waals surface area contributed by atoms with Gasteiger partial charge in [0.15, 0.2) is 0 Å². The minimum absolute atomic E-state index is 0.00911. The van der Waals surface area contributed by atoms with Crippen LogP contribution in [0.3, 0.4) is 0 Å². The summed E-state index contributed by atoms with van der Waals surface area (Å²) < 4.78 is 0. The summed E-state index contributed by atoms with van der Waals surface area (Å²) in [5, 5.41) is 5.27. The lowest BCUT2D eigenvalue weighted by Crippen LogP contribution is -2.45. The van der Waals surface area contributed by atoms with Crippen LogP contribution in [0.25, 0.3) is 11.1 Å². The molecule has 142 valence electrons. The fraction of sp³-hybridized carbons (Fsp3) is 0.286. The van der Waals surface area contributed by atoms with Gasteiger partial charge in [0.2, 0.25) is 11.8 Å². The monoisotopic (exact) mass is 367 g/mol. The van der Waals surface area contributed by atoms with Gasteiger partial charge in [0, 0.05) is 18.7 Å². The summed E-state index contributed by atoms with van der Waals surface area (Å²) in [5.41, 5.74) is 2.57. The van der Waals surface area contributed by atoms with E-state index in [4.69, 9.17) is 0 Å². The summed E-state index contributed by atoms with van der Waals surface area (Å²) in [4.78, 5) is 37.5. The normalized spacial score (nSPS) is 10.1. The van der Waals surface area contributed by atoms with Gasteiger partial charge in [-0.2, -0.15) is 0 Å². The lowest BCUT2D eigenvalue weighted by molar-refractivity contribution is -0.135. The fourth-order valence-electron chi connectivity index (χ4n) is 2.62. The molecule has 0 saturated heterocycles. The Morgan fingerprint density at radius 1 is 0.852 bits per heavy atom. The van der Waals surface area contributed by atoms with E-state index >= 15 is 0 Å². The summed E-state index contributed by atoms with van der Waals surface area (Å²) in [5.74, 6) is -0.828. The minimum Gasteiger partial charge on any atom is -0.355 e. The Hall–Kier alpha value is -3.15. The lowest BCUT2D eigenvalue weighted by atomic mass is 10.0. The molecule has 0 aliphatic carbocycles. The van der Waals surface area contributed by atoms with E-state index in [1.807, 2.05) is 49.4 Å². The van der Waals surface area contributed by atoms with Gasteiger partial charge in [-0.3, -0.25) is 14.4 Å². The summed E-state index contributed by atoms with van der Waals surface area (Å²) in [7, 11) is 0. The third-order valence-electron chi connectivity index (χ3n) is 4.10. The molecule has 0 spiro atoms. The van der Waals surface area contributed by atoms with Crippen molar-refractivity contribution in [1.29, 1.82) is 0 Å². The van der Waals surface area contributed by atoms with E-state index in [1.54, 1.807) is 19.1 Å². The average Bonchev–Trinajstić information content (AvgIpc) is 2.71. The molecule has 0 aromatic heterocycles. The summed E-state index contributed by atoms with van der Waals surface area (Å²) in [6.45, 7) is 4.37. The molecule has 0 aliphatic rings. The third kappa shape index (κ3) is 5.95. The standard InChI is InChI=1S/C21H25N3O3/c1-3-22-19(25)15-24(4-2)20(26)14-23-21(27)18-12-10-17(11-13-18)16-8-6-5-7-9-16/h5-13H,3-4,14-15H2,1-2H3,(H,22,25)(H,23,27).